The fourth-order valence-corrected chi connectivity index (χ4v) is 5.19. The monoisotopic (exact) mass is 452 g/mol. The molecule has 3 aromatic carbocycles. The number of carbonyl (C=O) groups excluding carboxylic acids is 1. The number of hydrogen-bond acceptors (Lipinski definition) is 6. The molecule has 9 heteroatoms. The number of fused-ring (bicyclic) bond motifs is 1. The summed E-state index contributed by atoms with van der Waals surface area (Å²) in [5.41, 5.74) is 1.63. The number of benzene rings is 3. The summed E-state index contributed by atoms with van der Waals surface area (Å²) in [6.07, 6.45) is 1.39. The third-order valence-electron chi connectivity index (χ3n) is 4.69. The Hall–Kier alpha value is -3.14. The average Bonchev–Trinajstić information content (AvgIpc) is 3.27. The minimum atomic E-state index is -3.79. The van der Waals surface area contributed by atoms with Gasteiger partial charge in [0, 0.05) is 12.1 Å². The summed E-state index contributed by atoms with van der Waals surface area (Å²) < 4.78 is 27.4. The van der Waals surface area contributed by atoms with Gasteiger partial charge in [0.05, 0.1) is 0 Å². The van der Waals surface area contributed by atoms with Crippen LogP contribution >= 0.6 is 11.3 Å². The van der Waals surface area contributed by atoms with Crippen LogP contribution in [0.25, 0.3) is 10.8 Å². The lowest BCUT2D eigenvalue weighted by Crippen LogP contribution is -2.25. The second-order valence-corrected chi connectivity index (χ2v) is 9.75. The lowest BCUT2D eigenvalue weighted by molar-refractivity contribution is 0.102. The van der Waals surface area contributed by atoms with Gasteiger partial charge in [-0.15, -0.1) is 10.2 Å². The number of aryl methyl sites for hydroxylation is 1. The Balaban J connectivity index is 1.33. The van der Waals surface area contributed by atoms with Crippen LogP contribution < -0.4 is 10.0 Å². The van der Waals surface area contributed by atoms with Crippen LogP contribution in [0.4, 0.5) is 5.13 Å². The fourth-order valence-electron chi connectivity index (χ4n) is 3.19. The number of amides is 1. The van der Waals surface area contributed by atoms with Crippen molar-refractivity contribution in [1.82, 2.24) is 14.9 Å². The van der Waals surface area contributed by atoms with E-state index >= 15 is 0 Å². The average molecular weight is 453 g/mol. The molecule has 0 saturated carbocycles. The van der Waals surface area contributed by atoms with E-state index in [9.17, 15) is 13.2 Å². The molecule has 0 spiro atoms. The van der Waals surface area contributed by atoms with E-state index in [-0.39, 0.29) is 21.9 Å². The highest BCUT2D eigenvalue weighted by molar-refractivity contribution is 7.91. The van der Waals surface area contributed by atoms with Crippen molar-refractivity contribution < 1.29 is 13.2 Å². The first-order valence-electron chi connectivity index (χ1n) is 9.69. The molecule has 0 aliphatic carbocycles. The lowest BCUT2D eigenvalue weighted by atomic mass is 10.0. The Morgan fingerprint density at radius 2 is 1.65 bits per heavy atom. The summed E-state index contributed by atoms with van der Waals surface area (Å²) in [6.45, 7) is 0.275. The lowest BCUT2D eigenvalue weighted by Gasteiger charge is -2.07. The zero-order chi connectivity index (χ0) is 21.7. The van der Waals surface area contributed by atoms with E-state index in [0.717, 1.165) is 17.8 Å². The Labute approximate surface area is 184 Å². The molecule has 2 N–H and O–H groups in total. The molecule has 4 aromatic rings. The summed E-state index contributed by atoms with van der Waals surface area (Å²) in [5.74, 6) is -0.372. The highest BCUT2D eigenvalue weighted by atomic mass is 32.2. The highest BCUT2D eigenvalue weighted by Crippen LogP contribution is 2.21. The van der Waals surface area contributed by atoms with E-state index in [4.69, 9.17) is 0 Å². The van der Waals surface area contributed by atoms with Gasteiger partial charge in [-0.1, -0.05) is 72.0 Å². The van der Waals surface area contributed by atoms with E-state index in [1.54, 1.807) is 30.3 Å². The van der Waals surface area contributed by atoms with Gasteiger partial charge in [0.2, 0.25) is 9.47 Å². The Bertz CT molecular complexity index is 1300. The van der Waals surface area contributed by atoms with Gasteiger partial charge in [0.1, 0.15) is 0 Å². The standard InChI is InChI=1S/C22H20N4O3S2/c27-20(18-9-2-1-3-10-18)24-21-25-26-22(30-21)31(28,29)23-15-7-13-17-12-6-11-16-8-4-5-14-19(16)17/h1-6,8-12,14,23H,7,13,15H2,(H,24,25,27). The van der Waals surface area contributed by atoms with Crippen LogP contribution in [0.1, 0.15) is 22.3 Å². The molecule has 0 radical (unpaired) electrons. The zero-order valence-electron chi connectivity index (χ0n) is 16.5. The maximum absolute atomic E-state index is 12.5. The quantitative estimate of drug-likeness (QED) is 0.312. The first kappa shape index (κ1) is 21.1. The molecule has 0 fully saturated rings. The molecule has 0 saturated heterocycles. The molecule has 0 aliphatic rings. The molecule has 0 bridgehead atoms. The van der Waals surface area contributed by atoms with Gasteiger partial charge in [-0.2, -0.15) is 0 Å². The molecule has 1 aromatic heterocycles. The van der Waals surface area contributed by atoms with Crippen LogP contribution in [0.2, 0.25) is 0 Å². The third-order valence-corrected chi connectivity index (χ3v) is 7.35. The third kappa shape index (κ3) is 5.13. The van der Waals surface area contributed by atoms with Crippen LogP contribution in [-0.2, 0) is 16.4 Å². The van der Waals surface area contributed by atoms with Crippen LogP contribution in [0.15, 0.2) is 77.1 Å². The molecular formula is C22H20N4O3S2. The van der Waals surface area contributed by atoms with Crippen molar-refractivity contribution in [2.75, 3.05) is 11.9 Å². The van der Waals surface area contributed by atoms with E-state index in [2.05, 4.69) is 44.5 Å². The second kappa shape index (κ2) is 9.34. The van der Waals surface area contributed by atoms with Crippen LogP contribution in [0.3, 0.4) is 0 Å². The topological polar surface area (TPSA) is 101 Å². The number of carbonyl (C=O) groups is 1. The van der Waals surface area contributed by atoms with Crippen LogP contribution in [-0.4, -0.2) is 31.1 Å². The largest absolute Gasteiger partial charge is 0.296 e. The van der Waals surface area contributed by atoms with Crippen LogP contribution in [0, 0.1) is 0 Å². The summed E-state index contributed by atoms with van der Waals surface area (Å²) in [6, 6.07) is 22.9. The van der Waals surface area contributed by atoms with Crippen molar-refractivity contribution in [3.05, 3.63) is 83.9 Å². The van der Waals surface area contributed by atoms with Gasteiger partial charge in [0.25, 0.3) is 15.9 Å². The van der Waals surface area contributed by atoms with Crippen molar-refractivity contribution in [3.8, 4) is 0 Å². The Morgan fingerprint density at radius 3 is 2.48 bits per heavy atom. The number of rotatable bonds is 8. The molecular weight excluding hydrogens is 432 g/mol. The minimum Gasteiger partial charge on any atom is -0.296 e. The molecule has 31 heavy (non-hydrogen) atoms. The van der Waals surface area contributed by atoms with Crippen molar-refractivity contribution in [3.63, 3.8) is 0 Å². The number of anilines is 1. The first-order valence-corrected chi connectivity index (χ1v) is 12.0. The number of nitrogens with one attached hydrogen (secondary N) is 2. The summed E-state index contributed by atoms with van der Waals surface area (Å²) in [7, 11) is -3.79. The molecule has 0 atom stereocenters. The smallest absolute Gasteiger partial charge is 0.269 e. The van der Waals surface area contributed by atoms with E-state index < -0.39 is 10.0 Å². The molecule has 4 rings (SSSR count). The van der Waals surface area contributed by atoms with Crippen molar-refractivity contribution in [1.29, 1.82) is 0 Å². The normalized spacial score (nSPS) is 11.5. The predicted molar refractivity (Wildman–Crippen MR) is 122 cm³/mol. The Kier molecular flexibility index (Phi) is 6.36. The fraction of sp³-hybridized carbons (Fsp3) is 0.136. The summed E-state index contributed by atoms with van der Waals surface area (Å²) >= 11 is 0.814. The SMILES string of the molecule is O=C(Nc1nnc(S(=O)(=O)NCCCc2cccc3ccccc23)s1)c1ccccc1. The van der Waals surface area contributed by atoms with E-state index in [1.807, 2.05) is 18.2 Å². The number of hydrogen-bond donors (Lipinski definition) is 2. The maximum atomic E-state index is 12.5. The number of aromatic nitrogens is 2. The van der Waals surface area contributed by atoms with Gasteiger partial charge in [0.15, 0.2) is 0 Å². The van der Waals surface area contributed by atoms with Crippen molar-refractivity contribution in [2.24, 2.45) is 0 Å². The molecule has 0 unspecified atom stereocenters. The minimum absolute atomic E-state index is 0.130. The molecule has 1 amide bonds. The van der Waals surface area contributed by atoms with Crippen molar-refractivity contribution >= 4 is 43.2 Å². The first-order chi connectivity index (χ1) is 15.0. The molecule has 0 aliphatic heterocycles. The van der Waals surface area contributed by atoms with Gasteiger partial charge in [-0.25, -0.2) is 13.1 Å². The van der Waals surface area contributed by atoms with E-state index in [0.29, 0.717) is 12.0 Å². The number of nitrogens with zero attached hydrogens (tertiary/aromatic N) is 2. The van der Waals surface area contributed by atoms with Crippen LogP contribution in [0.5, 0.6) is 0 Å². The zero-order valence-corrected chi connectivity index (χ0v) is 18.1. The van der Waals surface area contributed by atoms with Gasteiger partial charge >= 0.3 is 0 Å². The van der Waals surface area contributed by atoms with Gasteiger partial charge in [-0.3, -0.25) is 10.1 Å². The summed E-state index contributed by atoms with van der Waals surface area (Å²) in [5, 5.41) is 12.5. The molecule has 1 heterocycles. The molecule has 7 nitrogen and oxygen atoms in total. The van der Waals surface area contributed by atoms with Crippen molar-refractivity contribution in [2.45, 2.75) is 17.2 Å². The number of sulfonamides is 1. The van der Waals surface area contributed by atoms with Gasteiger partial charge < -0.3 is 0 Å². The molecule has 158 valence electrons. The van der Waals surface area contributed by atoms with Gasteiger partial charge in [-0.05, 0) is 41.3 Å². The predicted octanol–water partition coefficient (Wildman–Crippen LogP) is 3.85. The second-order valence-electron chi connectivity index (χ2n) is 6.83. The summed E-state index contributed by atoms with van der Waals surface area (Å²) in [4.78, 5) is 12.2. The Morgan fingerprint density at radius 1 is 0.903 bits per heavy atom. The maximum Gasteiger partial charge on any atom is 0.269 e. The van der Waals surface area contributed by atoms with E-state index in [1.165, 1.54) is 16.3 Å². The highest BCUT2D eigenvalue weighted by Gasteiger charge is 2.20.